The molecule has 1 unspecified atom stereocenters. The summed E-state index contributed by atoms with van der Waals surface area (Å²) in [5.41, 5.74) is 2.06. The van der Waals surface area contributed by atoms with Gasteiger partial charge in [-0.05, 0) is 32.7 Å². The second-order valence-electron chi connectivity index (χ2n) is 3.69. The van der Waals surface area contributed by atoms with Crippen molar-refractivity contribution in [1.29, 1.82) is 0 Å². The highest BCUT2D eigenvalue weighted by Gasteiger charge is 2.32. The van der Waals surface area contributed by atoms with Crippen LogP contribution in [0.25, 0.3) is 0 Å². The van der Waals surface area contributed by atoms with Crippen LogP contribution >= 0.6 is 0 Å². The lowest BCUT2D eigenvalue weighted by Crippen LogP contribution is -2.19. The molecule has 1 heterocycles. The molecule has 0 bridgehead atoms. The molecule has 3 nitrogen and oxygen atoms in total. The van der Waals surface area contributed by atoms with Crippen molar-refractivity contribution in [1.82, 2.24) is 15.3 Å². The Morgan fingerprint density at radius 1 is 1.38 bits per heavy atom. The average Bonchev–Trinajstić information content (AvgIpc) is 2.93. The monoisotopic (exact) mass is 177 g/mol. The molecule has 0 amide bonds. The van der Waals surface area contributed by atoms with Crippen molar-refractivity contribution in [3.05, 3.63) is 23.8 Å². The topological polar surface area (TPSA) is 37.8 Å². The molecule has 1 fully saturated rings. The zero-order valence-electron chi connectivity index (χ0n) is 8.12. The molecule has 1 aliphatic rings. The minimum atomic E-state index is 0.410. The highest BCUT2D eigenvalue weighted by Crippen LogP contribution is 2.39. The van der Waals surface area contributed by atoms with Crippen LogP contribution < -0.4 is 5.32 Å². The summed E-state index contributed by atoms with van der Waals surface area (Å²) >= 11 is 0. The predicted molar refractivity (Wildman–Crippen MR) is 51.3 cm³/mol. The van der Waals surface area contributed by atoms with Gasteiger partial charge in [0.15, 0.2) is 0 Å². The van der Waals surface area contributed by atoms with Gasteiger partial charge in [-0.2, -0.15) is 0 Å². The first kappa shape index (κ1) is 8.63. The summed E-state index contributed by atoms with van der Waals surface area (Å²) < 4.78 is 0. The molecule has 1 atom stereocenters. The quantitative estimate of drug-likeness (QED) is 0.759. The number of hydrogen-bond acceptors (Lipinski definition) is 3. The molecule has 0 radical (unpaired) electrons. The highest BCUT2D eigenvalue weighted by molar-refractivity contribution is 5.09. The molecule has 13 heavy (non-hydrogen) atoms. The van der Waals surface area contributed by atoms with E-state index in [2.05, 4.69) is 15.3 Å². The van der Waals surface area contributed by atoms with Crippen molar-refractivity contribution in [3.8, 4) is 0 Å². The molecular formula is C10H15N3. The highest BCUT2D eigenvalue weighted by atomic mass is 14.9. The summed E-state index contributed by atoms with van der Waals surface area (Å²) in [5.74, 6) is 0.780. The molecule has 1 aliphatic carbocycles. The van der Waals surface area contributed by atoms with Gasteiger partial charge in [0, 0.05) is 6.20 Å². The van der Waals surface area contributed by atoms with E-state index in [4.69, 9.17) is 0 Å². The Bertz CT molecular complexity index is 277. The van der Waals surface area contributed by atoms with E-state index in [1.807, 2.05) is 26.4 Å². The first-order chi connectivity index (χ1) is 6.31. The Labute approximate surface area is 78.6 Å². The fraction of sp³-hybridized carbons (Fsp3) is 0.600. The van der Waals surface area contributed by atoms with Gasteiger partial charge in [0.25, 0.3) is 0 Å². The van der Waals surface area contributed by atoms with Crippen LogP contribution in [0.1, 0.15) is 30.3 Å². The lowest BCUT2D eigenvalue weighted by atomic mass is 10.1. The van der Waals surface area contributed by atoms with Crippen LogP contribution in [0.2, 0.25) is 0 Å². The van der Waals surface area contributed by atoms with Crippen molar-refractivity contribution < 1.29 is 0 Å². The van der Waals surface area contributed by atoms with Gasteiger partial charge in [0.1, 0.15) is 0 Å². The predicted octanol–water partition coefficient (Wildman–Crippen LogP) is 1.46. The van der Waals surface area contributed by atoms with E-state index in [0.29, 0.717) is 6.04 Å². The summed E-state index contributed by atoms with van der Waals surface area (Å²) in [5, 5.41) is 3.30. The summed E-state index contributed by atoms with van der Waals surface area (Å²) in [7, 11) is 1.99. The van der Waals surface area contributed by atoms with Crippen LogP contribution in [0.4, 0.5) is 0 Å². The number of aromatic nitrogens is 2. The zero-order chi connectivity index (χ0) is 9.26. The normalized spacial score (nSPS) is 18.6. The minimum Gasteiger partial charge on any atom is -0.311 e. The fourth-order valence-corrected chi connectivity index (χ4v) is 1.62. The van der Waals surface area contributed by atoms with Crippen LogP contribution in [-0.4, -0.2) is 17.0 Å². The van der Waals surface area contributed by atoms with Gasteiger partial charge in [-0.25, -0.2) is 0 Å². The fourth-order valence-electron chi connectivity index (χ4n) is 1.62. The molecule has 0 aromatic carbocycles. The molecule has 1 aromatic heterocycles. The van der Waals surface area contributed by atoms with Crippen molar-refractivity contribution >= 4 is 0 Å². The lowest BCUT2D eigenvalue weighted by molar-refractivity contribution is 0.513. The molecule has 0 saturated heterocycles. The standard InChI is InChI=1S/C10H15N3/c1-7-5-13-9(6-12-7)10(11-2)8-3-4-8/h5-6,8,10-11H,3-4H2,1-2H3. The maximum absolute atomic E-state index is 4.39. The van der Waals surface area contributed by atoms with E-state index in [9.17, 15) is 0 Å². The van der Waals surface area contributed by atoms with Gasteiger partial charge in [-0.15, -0.1) is 0 Å². The summed E-state index contributed by atoms with van der Waals surface area (Å²) in [4.78, 5) is 8.64. The SMILES string of the molecule is CNC(c1cnc(C)cn1)C1CC1. The number of hydrogen-bond donors (Lipinski definition) is 1. The molecule has 1 saturated carbocycles. The molecule has 0 aliphatic heterocycles. The van der Waals surface area contributed by atoms with E-state index < -0.39 is 0 Å². The molecule has 2 rings (SSSR count). The molecular weight excluding hydrogens is 162 g/mol. The van der Waals surface area contributed by atoms with Gasteiger partial charge in [0.05, 0.1) is 23.6 Å². The van der Waals surface area contributed by atoms with Crippen LogP contribution in [0, 0.1) is 12.8 Å². The first-order valence-corrected chi connectivity index (χ1v) is 4.77. The van der Waals surface area contributed by atoms with Gasteiger partial charge in [0.2, 0.25) is 0 Å². The lowest BCUT2D eigenvalue weighted by Gasteiger charge is -2.13. The van der Waals surface area contributed by atoms with Crippen LogP contribution in [-0.2, 0) is 0 Å². The Balaban J connectivity index is 2.17. The van der Waals surface area contributed by atoms with E-state index in [0.717, 1.165) is 17.3 Å². The maximum atomic E-state index is 4.39. The summed E-state index contributed by atoms with van der Waals surface area (Å²) in [6, 6.07) is 0.410. The summed E-state index contributed by atoms with van der Waals surface area (Å²) in [6.07, 6.45) is 6.36. The first-order valence-electron chi connectivity index (χ1n) is 4.77. The van der Waals surface area contributed by atoms with Crippen molar-refractivity contribution in [2.45, 2.75) is 25.8 Å². The molecule has 3 heteroatoms. The smallest absolute Gasteiger partial charge is 0.0759 e. The third-order valence-corrected chi connectivity index (χ3v) is 2.52. The van der Waals surface area contributed by atoms with Crippen molar-refractivity contribution in [3.63, 3.8) is 0 Å². The molecule has 0 spiro atoms. The van der Waals surface area contributed by atoms with Crippen LogP contribution in [0.3, 0.4) is 0 Å². The van der Waals surface area contributed by atoms with Crippen molar-refractivity contribution in [2.75, 3.05) is 7.05 Å². The minimum absolute atomic E-state index is 0.410. The Morgan fingerprint density at radius 2 is 2.15 bits per heavy atom. The van der Waals surface area contributed by atoms with Crippen LogP contribution in [0.5, 0.6) is 0 Å². The van der Waals surface area contributed by atoms with E-state index >= 15 is 0 Å². The van der Waals surface area contributed by atoms with E-state index in [1.165, 1.54) is 12.8 Å². The number of rotatable bonds is 3. The van der Waals surface area contributed by atoms with Gasteiger partial charge < -0.3 is 5.32 Å². The van der Waals surface area contributed by atoms with Gasteiger partial charge in [-0.3, -0.25) is 9.97 Å². The number of aryl methyl sites for hydroxylation is 1. The largest absolute Gasteiger partial charge is 0.311 e. The van der Waals surface area contributed by atoms with Gasteiger partial charge >= 0.3 is 0 Å². The number of nitrogens with zero attached hydrogens (tertiary/aromatic N) is 2. The molecule has 70 valence electrons. The van der Waals surface area contributed by atoms with E-state index in [1.54, 1.807) is 0 Å². The second kappa shape index (κ2) is 3.42. The average molecular weight is 177 g/mol. The Kier molecular flexibility index (Phi) is 2.27. The Morgan fingerprint density at radius 3 is 2.62 bits per heavy atom. The van der Waals surface area contributed by atoms with Crippen molar-refractivity contribution in [2.24, 2.45) is 5.92 Å². The Hall–Kier alpha value is -0.960. The summed E-state index contributed by atoms with van der Waals surface area (Å²) in [6.45, 7) is 1.96. The number of nitrogens with one attached hydrogen (secondary N) is 1. The van der Waals surface area contributed by atoms with Gasteiger partial charge in [-0.1, -0.05) is 0 Å². The second-order valence-corrected chi connectivity index (χ2v) is 3.69. The molecule has 1 aromatic rings. The third-order valence-electron chi connectivity index (χ3n) is 2.52. The maximum Gasteiger partial charge on any atom is 0.0759 e. The zero-order valence-corrected chi connectivity index (χ0v) is 8.12. The van der Waals surface area contributed by atoms with Crippen LogP contribution in [0.15, 0.2) is 12.4 Å². The molecule has 1 N–H and O–H groups in total. The third kappa shape index (κ3) is 1.86. The van der Waals surface area contributed by atoms with E-state index in [-0.39, 0.29) is 0 Å².